The van der Waals surface area contributed by atoms with E-state index in [0.717, 1.165) is 35.4 Å². The van der Waals surface area contributed by atoms with Crippen molar-refractivity contribution in [3.05, 3.63) is 35.9 Å². The number of carbonyl (C=O) groups is 1. The van der Waals surface area contributed by atoms with E-state index in [4.69, 9.17) is 10.2 Å². The minimum Gasteiger partial charge on any atom is -0.481 e. The van der Waals surface area contributed by atoms with E-state index in [-0.39, 0.29) is 12.5 Å². The van der Waals surface area contributed by atoms with Crippen LogP contribution in [0.25, 0.3) is 10.9 Å². The summed E-state index contributed by atoms with van der Waals surface area (Å²) in [6.07, 6.45) is 1.33. The summed E-state index contributed by atoms with van der Waals surface area (Å²) in [6.45, 7) is 1.48. The Labute approximate surface area is 122 Å². The maximum atomic E-state index is 11.0. The predicted octanol–water partition coefficient (Wildman–Crippen LogP) is 2.03. The van der Waals surface area contributed by atoms with Crippen molar-refractivity contribution in [2.24, 2.45) is 5.92 Å². The van der Waals surface area contributed by atoms with Crippen molar-refractivity contribution in [2.45, 2.75) is 19.4 Å². The number of rotatable bonds is 3. The Morgan fingerprint density at radius 1 is 1.24 bits per heavy atom. The average Bonchev–Trinajstić information content (AvgIpc) is 2.54. The number of piperidine rings is 1. The molecule has 1 aliphatic rings. The summed E-state index contributed by atoms with van der Waals surface area (Å²) >= 11 is 0. The summed E-state index contributed by atoms with van der Waals surface area (Å²) in [5.41, 5.74) is 1.77. The van der Waals surface area contributed by atoms with E-state index in [0.29, 0.717) is 12.8 Å². The molecule has 1 fully saturated rings. The first-order chi connectivity index (χ1) is 10.2. The fourth-order valence-electron chi connectivity index (χ4n) is 2.79. The molecular formula is C16H18N2O3. The second-order valence-electron chi connectivity index (χ2n) is 5.45. The highest BCUT2D eigenvalue weighted by Crippen LogP contribution is 2.24. The molecule has 1 aromatic heterocycles. The average molecular weight is 286 g/mol. The standard InChI is InChI=1S/C16H18N2O3/c19-10-11-1-3-14-13(9-11)2-4-15(17-14)18-7-5-12(6-8-18)16(20)21/h1-4,9,12,19H,5-8,10H2,(H,20,21). The molecule has 0 atom stereocenters. The monoisotopic (exact) mass is 286 g/mol. The van der Waals surface area contributed by atoms with Crippen LogP contribution in [0.15, 0.2) is 30.3 Å². The Hall–Kier alpha value is -2.14. The molecule has 5 nitrogen and oxygen atoms in total. The first-order valence-electron chi connectivity index (χ1n) is 7.15. The van der Waals surface area contributed by atoms with Gasteiger partial charge in [0.15, 0.2) is 0 Å². The zero-order valence-corrected chi connectivity index (χ0v) is 11.7. The third kappa shape index (κ3) is 2.83. The van der Waals surface area contributed by atoms with Gasteiger partial charge >= 0.3 is 5.97 Å². The number of aliphatic carboxylic acids is 1. The Bertz CT molecular complexity index is 664. The molecule has 0 aliphatic carbocycles. The van der Waals surface area contributed by atoms with E-state index in [2.05, 4.69) is 9.88 Å². The molecule has 0 amide bonds. The topological polar surface area (TPSA) is 73.7 Å². The molecule has 5 heteroatoms. The number of hydrogen-bond acceptors (Lipinski definition) is 4. The number of hydrogen-bond donors (Lipinski definition) is 2. The zero-order valence-electron chi connectivity index (χ0n) is 11.7. The van der Waals surface area contributed by atoms with Gasteiger partial charge in [0.2, 0.25) is 0 Å². The second kappa shape index (κ2) is 5.69. The van der Waals surface area contributed by atoms with Gasteiger partial charge < -0.3 is 15.1 Å². The van der Waals surface area contributed by atoms with Crippen LogP contribution < -0.4 is 4.90 Å². The number of benzene rings is 1. The SMILES string of the molecule is O=C(O)C1CCN(c2ccc3cc(CO)ccc3n2)CC1. The molecule has 110 valence electrons. The molecule has 2 heterocycles. The summed E-state index contributed by atoms with van der Waals surface area (Å²) in [4.78, 5) is 17.8. The van der Waals surface area contributed by atoms with Crippen molar-refractivity contribution in [2.75, 3.05) is 18.0 Å². The first-order valence-corrected chi connectivity index (χ1v) is 7.15. The largest absolute Gasteiger partial charge is 0.481 e. The van der Waals surface area contributed by atoms with Gasteiger partial charge in [-0.15, -0.1) is 0 Å². The summed E-state index contributed by atoms with van der Waals surface area (Å²) < 4.78 is 0. The minimum atomic E-state index is -0.697. The van der Waals surface area contributed by atoms with Crippen molar-refractivity contribution >= 4 is 22.7 Å². The fraction of sp³-hybridized carbons (Fsp3) is 0.375. The molecule has 0 saturated carbocycles. The first kappa shape index (κ1) is 13.8. The van der Waals surface area contributed by atoms with Gasteiger partial charge in [-0.3, -0.25) is 4.79 Å². The maximum Gasteiger partial charge on any atom is 0.306 e. The van der Waals surface area contributed by atoms with Crippen molar-refractivity contribution in [1.29, 1.82) is 0 Å². The van der Waals surface area contributed by atoms with E-state index in [1.807, 2.05) is 30.3 Å². The summed E-state index contributed by atoms with van der Waals surface area (Å²) in [5, 5.41) is 19.2. The Kier molecular flexibility index (Phi) is 3.75. The number of carboxylic acid groups (broad SMARTS) is 1. The Balaban J connectivity index is 1.80. The number of aliphatic hydroxyl groups excluding tert-OH is 1. The van der Waals surface area contributed by atoms with E-state index < -0.39 is 5.97 Å². The van der Waals surface area contributed by atoms with Crippen LogP contribution in [0.5, 0.6) is 0 Å². The van der Waals surface area contributed by atoms with Crippen molar-refractivity contribution in [1.82, 2.24) is 4.98 Å². The van der Waals surface area contributed by atoms with Crippen molar-refractivity contribution in [3.8, 4) is 0 Å². The number of anilines is 1. The van der Waals surface area contributed by atoms with Crippen LogP contribution in [0.1, 0.15) is 18.4 Å². The van der Waals surface area contributed by atoms with E-state index in [9.17, 15) is 4.79 Å². The summed E-state index contributed by atoms with van der Waals surface area (Å²) in [7, 11) is 0. The highest BCUT2D eigenvalue weighted by Gasteiger charge is 2.25. The number of pyridine rings is 1. The molecule has 0 unspecified atom stereocenters. The van der Waals surface area contributed by atoms with Gasteiger partial charge in [-0.25, -0.2) is 4.98 Å². The number of nitrogens with zero attached hydrogens (tertiary/aromatic N) is 2. The molecule has 1 saturated heterocycles. The smallest absolute Gasteiger partial charge is 0.306 e. The summed E-state index contributed by atoms with van der Waals surface area (Å²) in [5.74, 6) is -0.0328. The predicted molar refractivity (Wildman–Crippen MR) is 80.2 cm³/mol. The Morgan fingerprint density at radius 2 is 2.00 bits per heavy atom. The highest BCUT2D eigenvalue weighted by atomic mass is 16.4. The van der Waals surface area contributed by atoms with Crippen LogP contribution in [0.3, 0.4) is 0 Å². The molecule has 2 N–H and O–H groups in total. The number of aliphatic hydroxyl groups is 1. The van der Waals surface area contributed by atoms with E-state index >= 15 is 0 Å². The Morgan fingerprint density at radius 3 is 2.67 bits per heavy atom. The van der Waals surface area contributed by atoms with Gasteiger partial charge in [0, 0.05) is 18.5 Å². The molecule has 21 heavy (non-hydrogen) atoms. The van der Waals surface area contributed by atoms with Gasteiger partial charge in [-0.2, -0.15) is 0 Å². The third-order valence-electron chi connectivity index (χ3n) is 4.09. The van der Waals surface area contributed by atoms with Crippen LogP contribution in [0, 0.1) is 5.92 Å². The number of fused-ring (bicyclic) bond motifs is 1. The van der Waals surface area contributed by atoms with E-state index in [1.54, 1.807) is 0 Å². The lowest BCUT2D eigenvalue weighted by atomic mass is 9.97. The van der Waals surface area contributed by atoms with Crippen molar-refractivity contribution < 1.29 is 15.0 Å². The quantitative estimate of drug-likeness (QED) is 0.903. The van der Waals surface area contributed by atoms with Gasteiger partial charge in [0.1, 0.15) is 5.82 Å². The molecule has 3 rings (SSSR count). The lowest BCUT2D eigenvalue weighted by Crippen LogP contribution is -2.36. The molecule has 1 aliphatic heterocycles. The van der Waals surface area contributed by atoms with E-state index in [1.165, 1.54) is 0 Å². The lowest BCUT2D eigenvalue weighted by Gasteiger charge is -2.31. The normalized spacial score (nSPS) is 16.3. The molecule has 0 bridgehead atoms. The molecular weight excluding hydrogens is 268 g/mol. The van der Waals surface area contributed by atoms with Gasteiger partial charge in [-0.05, 0) is 42.7 Å². The molecule has 2 aromatic rings. The molecule has 0 radical (unpaired) electrons. The van der Waals surface area contributed by atoms with Crippen LogP contribution >= 0.6 is 0 Å². The van der Waals surface area contributed by atoms with Crippen LogP contribution in [0.2, 0.25) is 0 Å². The summed E-state index contributed by atoms with van der Waals surface area (Å²) in [6, 6.07) is 9.68. The fourth-order valence-corrected chi connectivity index (χ4v) is 2.79. The second-order valence-corrected chi connectivity index (χ2v) is 5.45. The molecule has 1 aromatic carbocycles. The number of aromatic nitrogens is 1. The maximum absolute atomic E-state index is 11.0. The zero-order chi connectivity index (χ0) is 14.8. The third-order valence-corrected chi connectivity index (χ3v) is 4.09. The van der Waals surface area contributed by atoms with Gasteiger partial charge in [-0.1, -0.05) is 6.07 Å². The van der Waals surface area contributed by atoms with Crippen LogP contribution in [-0.2, 0) is 11.4 Å². The van der Waals surface area contributed by atoms with Crippen LogP contribution in [0.4, 0.5) is 5.82 Å². The number of carboxylic acids is 1. The van der Waals surface area contributed by atoms with Gasteiger partial charge in [0.25, 0.3) is 0 Å². The van der Waals surface area contributed by atoms with Gasteiger partial charge in [0.05, 0.1) is 18.0 Å². The highest BCUT2D eigenvalue weighted by molar-refractivity contribution is 5.81. The van der Waals surface area contributed by atoms with Crippen molar-refractivity contribution in [3.63, 3.8) is 0 Å². The molecule has 0 spiro atoms. The minimum absolute atomic E-state index is 0.0282. The van der Waals surface area contributed by atoms with Crippen LogP contribution in [-0.4, -0.2) is 34.3 Å². The lowest BCUT2D eigenvalue weighted by molar-refractivity contribution is -0.142.